The number of carbonyl (C=O) groups excluding carboxylic acids is 1. The number of carboxylic acid groups (broad SMARTS) is 1. The lowest BCUT2D eigenvalue weighted by Crippen LogP contribution is -2.38. The predicted molar refractivity (Wildman–Crippen MR) is 67.0 cm³/mol. The Bertz CT molecular complexity index is 298. The van der Waals surface area contributed by atoms with Gasteiger partial charge in [-0.05, 0) is 43.1 Å². The van der Waals surface area contributed by atoms with E-state index < -0.39 is 5.97 Å². The van der Waals surface area contributed by atoms with Crippen LogP contribution in [0.15, 0.2) is 0 Å². The third-order valence-electron chi connectivity index (χ3n) is 3.42. The van der Waals surface area contributed by atoms with Crippen LogP contribution in [0.3, 0.4) is 0 Å². The van der Waals surface area contributed by atoms with Gasteiger partial charge in [-0.2, -0.15) is 11.8 Å². The Kier molecular flexibility index (Phi) is 4.31. The van der Waals surface area contributed by atoms with Crippen molar-refractivity contribution in [1.29, 1.82) is 0 Å². The average molecular weight is 257 g/mol. The van der Waals surface area contributed by atoms with Crippen LogP contribution in [0.2, 0.25) is 0 Å². The van der Waals surface area contributed by atoms with Crippen LogP contribution >= 0.6 is 11.8 Å². The SMILES string of the molecule is O=C(O)CN(C(=O)CC1CCSCC1)C1CC1. The first-order chi connectivity index (χ1) is 8.16. The van der Waals surface area contributed by atoms with Crippen molar-refractivity contribution in [2.75, 3.05) is 18.1 Å². The summed E-state index contributed by atoms with van der Waals surface area (Å²) in [4.78, 5) is 24.4. The van der Waals surface area contributed by atoms with Gasteiger partial charge in [-0.15, -0.1) is 0 Å². The summed E-state index contributed by atoms with van der Waals surface area (Å²) in [7, 11) is 0. The summed E-state index contributed by atoms with van der Waals surface area (Å²) in [5.41, 5.74) is 0. The lowest BCUT2D eigenvalue weighted by molar-refractivity contribution is -0.145. The summed E-state index contributed by atoms with van der Waals surface area (Å²) >= 11 is 1.94. The molecule has 0 aromatic rings. The second-order valence-electron chi connectivity index (χ2n) is 4.91. The molecule has 1 heterocycles. The molecule has 4 nitrogen and oxygen atoms in total. The minimum atomic E-state index is -0.899. The van der Waals surface area contributed by atoms with Crippen LogP contribution in [0.4, 0.5) is 0 Å². The summed E-state index contributed by atoms with van der Waals surface area (Å²) in [6, 6.07) is 0.205. The second-order valence-corrected chi connectivity index (χ2v) is 6.13. The number of hydrogen-bond acceptors (Lipinski definition) is 3. The van der Waals surface area contributed by atoms with E-state index >= 15 is 0 Å². The van der Waals surface area contributed by atoms with Crippen molar-refractivity contribution in [3.8, 4) is 0 Å². The number of hydrogen-bond donors (Lipinski definition) is 1. The first kappa shape index (κ1) is 12.7. The normalized spacial score (nSPS) is 21.2. The Hall–Kier alpha value is -0.710. The van der Waals surface area contributed by atoms with E-state index in [2.05, 4.69) is 0 Å². The molecule has 1 aliphatic carbocycles. The zero-order valence-electron chi connectivity index (χ0n) is 9.93. The van der Waals surface area contributed by atoms with E-state index in [0.29, 0.717) is 12.3 Å². The van der Waals surface area contributed by atoms with Crippen LogP contribution in [0.5, 0.6) is 0 Å². The van der Waals surface area contributed by atoms with Gasteiger partial charge in [-0.25, -0.2) is 0 Å². The van der Waals surface area contributed by atoms with E-state index in [1.165, 1.54) is 0 Å². The number of carbonyl (C=O) groups is 2. The highest BCUT2D eigenvalue weighted by atomic mass is 32.2. The number of amides is 1. The van der Waals surface area contributed by atoms with Crippen LogP contribution in [-0.4, -0.2) is 46.0 Å². The molecule has 1 N–H and O–H groups in total. The molecule has 5 heteroatoms. The van der Waals surface area contributed by atoms with Gasteiger partial charge in [0.15, 0.2) is 0 Å². The van der Waals surface area contributed by atoms with E-state index in [4.69, 9.17) is 5.11 Å². The largest absolute Gasteiger partial charge is 0.480 e. The monoisotopic (exact) mass is 257 g/mol. The maximum absolute atomic E-state index is 12.1. The highest BCUT2D eigenvalue weighted by Crippen LogP contribution is 2.30. The minimum Gasteiger partial charge on any atom is -0.480 e. The number of nitrogens with zero attached hydrogens (tertiary/aromatic N) is 1. The van der Waals surface area contributed by atoms with Crippen molar-refractivity contribution in [2.24, 2.45) is 5.92 Å². The van der Waals surface area contributed by atoms with E-state index in [-0.39, 0.29) is 18.5 Å². The van der Waals surface area contributed by atoms with E-state index in [1.807, 2.05) is 11.8 Å². The van der Waals surface area contributed by atoms with Crippen LogP contribution in [-0.2, 0) is 9.59 Å². The Labute approximate surface area is 106 Å². The van der Waals surface area contributed by atoms with E-state index in [9.17, 15) is 9.59 Å². The molecule has 0 aromatic carbocycles. The number of rotatable bonds is 5. The van der Waals surface area contributed by atoms with E-state index in [0.717, 1.165) is 37.2 Å². The molecule has 2 rings (SSSR count). The summed E-state index contributed by atoms with van der Waals surface area (Å²) in [5, 5.41) is 8.82. The van der Waals surface area contributed by atoms with Crippen molar-refractivity contribution in [1.82, 2.24) is 4.90 Å². The van der Waals surface area contributed by atoms with Gasteiger partial charge in [0.05, 0.1) is 0 Å². The highest BCUT2D eigenvalue weighted by Gasteiger charge is 2.34. The van der Waals surface area contributed by atoms with Gasteiger partial charge in [0.2, 0.25) is 5.91 Å². The number of carboxylic acids is 1. The molecule has 96 valence electrons. The average Bonchev–Trinajstić information content (AvgIpc) is 3.10. The summed E-state index contributed by atoms with van der Waals surface area (Å²) in [5.74, 6) is 1.90. The standard InChI is InChI=1S/C12H19NO3S/c14-11(7-9-3-5-17-6-4-9)13(8-12(15)16)10-1-2-10/h9-10H,1-8H2,(H,15,16). The highest BCUT2D eigenvalue weighted by molar-refractivity contribution is 7.99. The van der Waals surface area contributed by atoms with Gasteiger partial charge >= 0.3 is 5.97 Å². The fourth-order valence-corrected chi connectivity index (χ4v) is 3.47. The molecule has 2 aliphatic rings. The quantitative estimate of drug-likeness (QED) is 0.812. The second kappa shape index (κ2) is 5.76. The molecule has 0 bridgehead atoms. The van der Waals surface area contributed by atoms with Gasteiger partial charge in [0.1, 0.15) is 6.54 Å². The first-order valence-electron chi connectivity index (χ1n) is 6.26. The van der Waals surface area contributed by atoms with Crippen LogP contribution < -0.4 is 0 Å². The molecule has 1 saturated heterocycles. The first-order valence-corrected chi connectivity index (χ1v) is 7.41. The molecule has 17 heavy (non-hydrogen) atoms. The smallest absolute Gasteiger partial charge is 0.323 e. The minimum absolute atomic E-state index is 0.0480. The van der Waals surface area contributed by atoms with Gasteiger partial charge in [0, 0.05) is 12.5 Å². The fourth-order valence-electron chi connectivity index (χ4n) is 2.27. The lowest BCUT2D eigenvalue weighted by Gasteiger charge is -2.25. The zero-order valence-corrected chi connectivity index (χ0v) is 10.7. The van der Waals surface area contributed by atoms with Crippen molar-refractivity contribution >= 4 is 23.6 Å². The molecular formula is C12H19NO3S. The maximum atomic E-state index is 12.1. The third kappa shape index (κ3) is 3.91. The van der Waals surface area contributed by atoms with Gasteiger partial charge in [-0.1, -0.05) is 0 Å². The van der Waals surface area contributed by atoms with Crippen molar-refractivity contribution in [2.45, 2.75) is 38.1 Å². The Morgan fingerprint density at radius 2 is 1.82 bits per heavy atom. The van der Waals surface area contributed by atoms with Gasteiger partial charge in [-0.3, -0.25) is 9.59 Å². The summed E-state index contributed by atoms with van der Waals surface area (Å²) < 4.78 is 0. The van der Waals surface area contributed by atoms with Gasteiger partial charge < -0.3 is 10.0 Å². The van der Waals surface area contributed by atoms with Gasteiger partial charge in [0.25, 0.3) is 0 Å². The molecule has 1 aliphatic heterocycles. The molecule has 1 amide bonds. The number of thioether (sulfide) groups is 1. The Balaban J connectivity index is 1.84. The lowest BCUT2D eigenvalue weighted by atomic mass is 9.98. The van der Waals surface area contributed by atoms with Crippen LogP contribution in [0.25, 0.3) is 0 Å². The molecule has 1 saturated carbocycles. The van der Waals surface area contributed by atoms with Crippen molar-refractivity contribution in [3.63, 3.8) is 0 Å². The molecule has 0 unspecified atom stereocenters. The topological polar surface area (TPSA) is 57.6 Å². The molecule has 0 atom stereocenters. The zero-order chi connectivity index (χ0) is 12.3. The molecule has 2 fully saturated rings. The maximum Gasteiger partial charge on any atom is 0.323 e. The number of aliphatic carboxylic acids is 1. The third-order valence-corrected chi connectivity index (χ3v) is 4.47. The Morgan fingerprint density at radius 3 is 2.35 bits per heavy atom. The summed E-state index contributed by atoms with van der Waals surface area (Å²) in [6.45, 7) is -0.120. The molecule has 0 radical (unpaired) electrons. The van der Waals surface area contributed by atoms with Crippen LogP contribution in [0.1, 0.15) is 32.1 Å². The predicted octanol–water partition coefficient (Wildman–Crippen LogP) is 1.60. The van der Waals surface area contributed by atoms with Crippen molar-refractivity contribution in [3.05, 3.63) is 0 Å². The molecule has 0 aromatic heterocycles. The van der Waals surface area contributed by atoms with Crippen LogP contribution in [0, 0.1) is 5.92 Å². The fraction of sp³-hybridized carbons (Fsp3) is 0.833. The molecular weight excluding hydrogens is 238 g/mol. The Morgan fingerprint density at radius 1 is 1.18 bits per heavy atom. The van der Waals surface area contributed by atoms with E-state index in [1.54, 1.807) is 4.90 Å². The van der Waals surface area contributed by atoms with Crippen molar-refractivity contribution < 1.29 is 14.7 Å². The summed E-state index contributed by atoms with van der Waals surface area (Å²) in [6.07, 6.45) is 4.69. The molecule has 0 spiro atoms.